The molecule has 1 aromatic heterocycles. The van der Waals surface area contributed by atoms with E-state index >= 15 is 0 Å². The molecule has 1 fully saturated rings. The number of fused-ring (bicyclic) bond motifs is 2. The van der Waals surface area contributed by atoms with Gasteiger partial charge in [-0.2, -0.15) is 0 Å². The maximum absolute atomic E-state index is 10.1. The zero-order valence-corrected chi connectivity index (χ0v) is 16.4. The van der Waals surface area contributed by atoms with Crippen LogP contribution in [0.1, 0.15) is 28.4 Å². The molecule has 4 nitrogen and oxygen atoms in total. The molecule has 1 atom stereocenters. The largest absolute Gasteiger partial charge is 0.507 e. The SMILES string of the molecule is Oc1ccc2c(c1Br)CCc1cc(Br)cnc1[C@@H]2N1CCNCC1. The first kappa shape index (κ1) is 16.5. The third-order valence-electron chi connectivity index (χ3n) is 4.94. The topological polar surface area (TPSA) is 48.4 Å². The van der Waals surface area contributed by atoms with Crippen LogP contribution in [0.15, 0.2) is 33.3 Å². The number of pyridine rings is 1. The first-order valence-corrected chi connectivity index (χ1v) is 9.83. The second-order valence-corrected chi connectivity index (χ2v) is 8.06. The van der Waals surface area contributed by atoms with E-state index in [9.17, 15) is 5.11 Å². The lowest BCUT2D eigenvalue weighted by Gasteiger charge is -2.36. The lowest BCUT2D eigenvalue weighted by molar-refractivity contribution is 0.195. The van der Waals surface area contributed by atoms with E-state index < -0.39 is 0 Å². The van der Waals surface area contributed by atoms with E-state index in [4.69, 9.17) is 4.98 Å². The number of hydrogen-bond donors (Lipinski definition) is 2. The molecule has 0 unspecified atom stereocenters. The normalized spacial score (nSPS) is 21.0. The molecule has 0 radical (unpaired) electrons. The molecule has 1 aliphatic carbocycles. The van der Waals surface area contributed by atoms with E-state index in [1.54, 1.807) is 6.07 Å². The average Bonchev–Trinajstić information content (AvgIpc) is 2.76. The standard InChI is InChI=1S/C18H19Br2N3O/c19-12-9-11-1-2-13-14(3-4-15(24)16(13)20)18(17(11)22-10-12)23-7-5-21-6-8-23/h3-4,9-10,18,21,24H,1-2,5-8H2/t18-/m1/s1. The minimum absolute atomic E-state index is 0.143. The van der Waals surface area contributed by atoms with Gasteiger partial charge in [0.15, 0.2) is 0 Å². The van der Waals surface area contributed by atoms with Gasteiger partial charge in [-0.1, -0.05) is 6.07 Å². The molecule has 1 saturated heterocycles. The number of benzene rings is 1. The number of aromatic nitrogens is 1. The Kier molecular flexibility index (Phi) is 4.64. The first-order valence-electron chi connectivity index (χ1n) is 8.24. The van der Waals surface area contributed by atoms with Crippen molar-refractivity contribution in [2.45, 2.75) is 18.9 Å². The Labute approximate surface area is 158 Å². The van der Waals surface area contributed by atoms with Crippen molar-refractivity contribution in [3.8, 4) is 5.75 Å². The number of nitrogens with zero attached hydrogens (tertiary/aromatic N) is 2. The van der Waals surface area contributed by atoms with Crippen molar-refractivity contribution in [3.05, 3.63) is 55.7 Å². The number of nitrogens with one attached hydrogen (secondary N) is 1. The molecular weight excluding hydrogens is 434 g/mol. The summed E-state index contributed by atoms with van der Waals surface area (Å²) < 4.78 is 1.85. The van der Waals surface area contributed by atoms with Gasteiger partial charge in [-0.05, 0) is 73.5 Å². The summed E-state index contributed by atoms with van der Waals surface area (Å²) in [5.41, 5.74) is 4.90. The molecular formula is C18H19Br2N3O. The van der Waals surface area contributed by atoms with Crippen molar-refractivity contribution in [3.63, 3.8) is 0 Å². The van der Waals surface area contributed by atoms with Gasteiger partial charge in [0, 0.05) is 36.8 Å². The highest BCUT2D eigenvalue weighted by atomic mass is 79.9. The summed E-state index contributed by atoms with van der Waals surface area (Å²) in [6.45, 7) is 3.99. The van der Waals surface area contributed by atoms with Crippen LogP contribution in [-0.2, 0) is 12.8 Å². The lowest BCUT2D eigenvalue weighted by Crippen LogP contribution is -2.45. The van der Waals surface area contributed by atoms with Gasteiger partial charge in [0.2, 0.25) is 0 Å². The fourth-order valence-corrected chi connectivity index (χ4v) is 4.73. The molecule has 126 valence electrons. The Hall–Kier alpha value is -0.950. The fraction of sp³-hybridized carbons (Fsp3) is 0.389. The number of aryl methyl sites for hydroxylation is 1. The van der Waals surface area contributed by atoms with E-state index in [-0.39, 0.29) is 6.04 Å². The summed E-state index contributed by atoms with van der Waals surface area (Å²) in [6, 6.07) is 6.20. The highest BCUT2D eigenvalue weighted by Gasteiger charge is 2.32. The van der Waals surface area contributed by atoms with E-state index in [0.717, 1.165) is 53.7 Å². The van der Waals surface area contributed by atoms with E-state index in [0.29, 0.717) is 5.75 Å². The molecule has 0 amide bonds. The van der Waals surface area contributed by atoms with E-state index in [1.165, 1.54) is 16.7 Å². The lowest BCUT2D eigenvalue weighted by atomic mass is 9.96. The van der Waals surface area contributed by atoms with Crippen molar-refractivity contribution in [2.24, 2.45) is 0 Å². The van der Waals surface area contributed by atoms with Crippen LogP contribution < -0.4 is 5.32 Å². The Balaban J connectivity index is 1.90. The van der Waals surface area contributed by atoms with Crippen LogP contribution in [0.4, 0.5) is 0 Å². The van der Waals surface area contributed by atoms with Crippen molar-refractivity contribution >= 4 is 31.9 Å². The monoisotopic (exact) mass is 451 g/mol. The Morgan fingerprint density at radius 3 is 2.75 bits per heavy atom. The first-order chi connectivity index (χ1) is 11.6. The van der Waals surface area contributed by atoms with Gasteiger partial charge in [-0.15, -0.1) is 0 Å². The fourth-order valence-electron chi connectivity index (χ4n) is 3.79. The molecule has 4 rings (SSSR count). The van der Waals surface area contributed by atoms with E-state index in [2.05, 4.69) is 54.2 Å². The molecule has 24 heavy (non-hydrogen) atoms. The molecule has 2 aromatic rings. The maximum Gasteiger partial charge on any atom is 0.130 e. The van der Waals surface area contributed by atoms with Crippen LogP contribution in [0.3, 0.4) is 0 Å². The third kappa shape index (κ3) is 2.90. The molecule has 1 aromatic carbocycles. The second kappa shape index (κ2) is 6.75. The quantitative estimate of drug-likeness (QED) is 0.696. The van der Waals surface area contributed by atoms with E-state index in [1.807, 2.05) is 6.20 Å². The number of phenols is 1. The van der Waals surface area contributed by atoms with Crippen LogP contribution >= 0.6 is 31.9 Å². The Bertz CT molecular complexity index is 775. The highest BCUT2D eigenvalue weighted by Crippen LogP contribution is 2.41. The van der Waals surface area contributed by atoms with Crippen molar-refractivity contribution < 1.29 is 5.11 Å². The van der Waals surface area contributed by atoms with Gasteiger partial charge in [0.25, 0.3) is 0 Å². The smallest absolute Gasteiger partial charge is 0.130 e. The molecule has 1 aliphatic heterocycles. The van der Waals surface area contributed by atoms with Gasteiger partial charge < -0.3 is 10.4 Å². The second-order valence-electron chi connectivity index (χ2n) is 6.35. The zero-order chi connectivity index (χ0) is 16.7. The summed E-state index contributed by atoms with van der Waals surface area (Å²) in [4.78, 5) is 7.30. The molecule has 2 N–H and O–H groups in total. The minimum Gasteiger partial charge on any atom is -0.507 e. The third-order valence-corrected chi connectivity index (χ3v) is 6.26. The van der Waals surface area contributed by atoms with Gasteiger partial charge in [-0.25, -0.2) is 0 Å². The summed E-state index contributed by atoms with van der Waals surface area (Å²) in [5, 5.41) is 13.6. The average molecular weight is 453 g/mol. The number of phenolic OH excluding ortho intramolecular Hbond substituents is 1. The van der Waals surface area contributed by atoms with Gasteiger partial charge in [-0.3, -0.25) is 9.88 Å². The number of piperazine rings is 1. The number of hydrogen-bond acceptors (Lipinski definition) is 4. The maximum atomic E-state index is 10.1. The van der Waals surface area contributed by atoms with Crippen molar-refractivity contribution in [2.75, 3.05) is 26.2 Å². The molecule has 0 saturated carbocycles. The summed E-state index contributed by atoms with van der Waals surface area (Å²) in [6.07, 6.45) is 3.73. The number of rotatable bonds is 1. The number of aromatic hydroxyl groups is 1. The predicted octanol–water partition coefficient (Wildman–Crippen LogP) is 3.41. The predicted molar refractivity (Wildman–Crippen MR) is 101 cm³/mol. The van der Waals surface area contributed by atoms with Gasteiger partial charge in [0.05, 0.1) is 16.2 Å². The van der Waals surface area contributed by atoms with Crippen LogP contribution in [0.25, 0.3) is 0 Å². The van der Waals surface area contributed by atoms with Crippen LogP contribution in [0, 0.1) is 0 Å². The molecule has 0 spiro atoms. The van der Waals surface area contributed by atoms with Gasteiger partial charge in [0.1, 0.15) is 5.75 Å². The zero-order valence-electron chi connectivity index (χ0n) is 13.2. The molecule has 2 heterocycles. The number of halogens is 2. The Morgan fingerprint density at radius 1 is 1.17 bits per heavy atom. The Morgan fingerprint density at radius 2 is 1.96 bits per heavy atom. The molecule has 2 aliphatic rings. The van der Waals surface area contributed by atoms with Crippen LogP contribution in [-0.4, -0.2) is 41.2 Å². The minimum atomic E-state index is 0.143. The van der Waals surface area contributed by atoms with Crippen LogP contribution in [0.5, 0.6) is 5.75 Å². The highest BCUT2D eigenvalue weighted by molar-refractivity contribution is 9.10. The molecule has 6 heteroatoms. The van der Waals surface area contributed by atoms with Gasteiger partial charge >= 0.3 is 0 Å². The van der Waals surface area contributed by atoms with Crippen molar-refractivity contribution in [1.82, 2.24) is 15.2 Å². The summed E-state index contributed by atoms with van der Waals surface area (Å²) >= 11 is 7.16. The molecule has 0 bridgehead atoms. The summed E-state index contributed by atoms with van der Waals surface area (Å²) in [7, 11) is 0. The summed E-state index contributed by atoms with van der Waals surface area (Å²) in [5.74, 6) is 0.313. The van der Waals surface area contributed by atoms with Crippen molar-refractivity contribution in [1.29, 1.82) is 0 Å². The van der Waals surface area contributed by atoms with Crippen LogP contribution in [0.2, 0.25) is 0 Å².